The van der Waals surface area contributed by atoms with Crippen LogP contribution in [0.5, 0.6) is 11.6 Å². The lowest BCUT2D eigenvalue weighted by molar-refractivity contribution is -0.134. The van der Waals surface area contributed by atoms with Crippen molar-refractivity contribution >= 4 is 36.0 Å². The van der Waals surface area contributed by atoms with Gasteiger partial charge in [0.15, 0.2) is 6.17 Å². The van der Waals surface area contributed by atoms with Crippen LogP contribution in [-0.4, -0.2) is 88.1 Å². The molecule has 2 aliphatic heterocycles. The molecule has 2 saturated heterocycles. The number of nitrogens with zero attached hydrogens (tertiary/aromatic N) is 4. The standard InChI is InChI=1S/C27H31FN6O4S/c28-23-13-34(25(35)8-18-1-2-21(12-32-18)37-20-3-4-20)6-5-24(23)38-27-22(26(30)36)7-16(10-33-27)17(9-29)11-31-19-14-39-15-19/h1-2,7,9-12,17,19-20,23-24,29H,3-6,8,13-15H2,(H2,30,36). The summed E-state index contributed by atoms with van der Waals surface area (Å²) in [6, 6.07) is 5.30. The van der Waals surface area contributed by atoms with Gasteiger partial charge in [0.25, 0.3) is 5.91 Å². The minimum atomic E-state index is -1.48. The number of primary amides is 1. The third-order valence-corrected chi connectivity index (χ3v) is 8.08. The number of piperidine rings is 1. The topological polar surface area (TPSA) is 144 Å². The van der Waals surface area contributed by atoms with Crippen molar-refractivity contribution in [2.24, 2.45) is 10.7 Å². The van der Waals surface area contributed by atoms with Crippen LogP contribution in [0.3, 0.4) is 0 Å². The number of alkyl halides is 1. The molecular formula is C27H31FN6O4S. The molecule has 2 aromatic rings. The van der Waals surface area contributed by atoms with Crippen molar-refractivity contribution in [1.82, 2.24) is 14.9 Å². The SMILES string of the molecule is N=CC(C=NC1CSC1)c1cnc(OC2CCN(C(=O)Cc3ccc(OC4CC4)cn3)CC2F)c(C(N)=O)c1. The van der Waals surface area contributed by atoms with Crippen LogP contribution in [-0.2, 0) is 11.2 Å². The van der Waals surface area contributed by atoms with Crippen LogP contribution in [0.4, 0.5) is 4.39 Å². The van der Waals surface area contributed by atoms with Crippen LogP contribution >= 0.6 is 11.8 Å². The number of ether oxygens (including phenoxy) is 2. The Bertz CT molecular complexity index is 1240. The number of aliphatic imine (C=N–C) groups is 1. The number of amides is 2. The maximum absolute atomic E-state index is 15.1. The zero-order valence-corrected chi connectivity index (χ0v) is 22.2. The number of halogens is 1. The summed E-state index contributed by atoms with van der Waals surface area (Å²) < 4.78 is 26.6. The Morgan fingerprint density at radius 1 is 1.23 bits per heavy atom. The third-order valence-electron chi connectivity index (χ3n) is 6.83. The molecule has 2 aromatic heterocycles. The van der Waals surface area contributed by atoms with Crippen molar-refractivity contribution in [3.63, 3.8) is 0 Å². The van der Waals surface area contributed by atoms with Crippen molar-refractivity contribution in [3.8, 4) is 11.6 Å². The van der Waals surface area contributed by atoms with Crippen molar-refractivity contribution in [1.29, 1.82) is 5.41 Å². The predicted octanol–water partition coefficient (Wildman–Crippen LogP) is 2.60. The first-order chi connectivity index (χ1) is 18.9. The summed E-state index contributed by atoms with van der Waals surface area (Å²) in [5, 5.41) is 7.75. The number of carbonyl (C=O) groups is 2. The first kappa shape index (κ1) is 27.0. The van der Waals surface area contributed by atoms with Gasteiger partial charge in [-0.25, -0.2) is 9.37 Å². The third kappa shape index (κ3) is 6.92. The van der Waals surface area contributed by atoms with Gasteiger partial charge >= 0.3 is 0 Å². The number of carbonyl (C=O) groups excluding carboxylic acids is 2. The summed E-state index contributed by atoms with van der Waals surface area (Å²) in [7, 11) is 0. The second-order valence-electron chi connectivity index (χ2n) is 9.95. The molecule has 12 heteroatoms. The number of nitrogens with two attached hydrogens (primary N) is 1. The Balaban J connectivity index is 1.18. The highest BCUT2D eigenvalue weighted by molar-refractivity contribution is 8.00. The van der Waals surface area contributed by atoms with Crippen LogP contribution in [0.1, 0.15) is 46.8 Å². The zero-order chi connectivity index (χ0) is 27.4. The molecule has 39 heavy (non-hydrogen) atoms. The molecule has 2 amide bonds. The summed E-state index contributed by atoms with van der Waals surface area (Å²) in [5.41, 5.74) is 6.75. The fraction of sp³-hybridized carbons (Fsp3) is 0.481. The Morgan fingerprint density at radius 2 is 2.05 bits per heavy atom. The fourth-order valence-electron chi connectivity index (χ4n) is 4.29. The van der Waals surface area contributed by atoms with Gasteiger partial charge in [-0.3, -0.25) is 19.6 Å². The molecule has 0 radical (unpaired) electrons. The highest BCUT2D eigenvalue weighted by Gasteiger charge is 2.34. The van der Waals surface area contributed by atoms with E-state index in [2.05, 4.69) is 15.0 Å². The van der Waals surface area contributed by atoms with E-state index in [-0.39, 0.29) is 48.9 Å². The molecule has 3 atom stereocenters. The Kier molecular flexibility index (Phi) is 8.39. The molecule has 3 unspecified atom stereocenters. The molecule has 0 bridgehead atoms. The molecule has 3 N–H and O–H groups in total. The van der Waals surface area contributed by atoms with Gasteiger partial charge in [0.1, 0.15) is 17.4 Å². The number of aromatic nitrogens is 2. The van der Waals surface area contributed by atoms with Crippen molar-refractivity contribution in [2.75, 3.05) is 24.6 Å². The molecular weight excluding hydrogens is 523 g/mol. The summed E-state index contributed by atoms with van der Waals surface area (Å²) in [6.07, 6.45) is 6.28. The lowest BCUT2D eigenvalue weighted by atomic mass is 10.0. The monoisotopic (exact) mass is 554 g/mol. The first-order valence-electron chi connectivity index (χ1n) is 13.0. The van der Waals surface area contributed by atoms with Crippen LogP contribution < -0.4 is 15.2 Å². The normalized spacial score (nSPS) is 22.2. The van der Waals surface area contributed by atoms with E-state index in [0.717, 1.165) is 24.3 Å². The lowest BCUT2D eigenvalue weighted by Crippen LogP contribution is -2.49. The summed E-state index contributed by atoms with van der Waals surface area (Å²) in [4.78, 5) is 39.4. The van der Waals surface area contributed by atoms with Gasteiger partial charge in [0, 0.05) is 48.8 Å². The Hall–Kier alpha value is -3.54. The number of nitrogens with one attached hydrogen (secondary N) is 1. The minimum absolute atomic E-state index is 0.0119. The number of rotatable bonds is 11. The van der Waals surface area contributed by atoms with E-state index in [1.165, 1.54) is 23.4 Å². The van der Waals surface area contributed by atoms with E-state index in [0.29, 0.717) is 23.6 Å². The quantitative estimate of drug-likeness (QED) is 0.406. The largest absolute Gasteiger partial charge is 0.489 e. The zero-order valence-electron chi connectivity index (χ0n) is 21.4. The van der Waals surface area contributed by atoms with Gasteiger partial charge in [-0.15, -0.1) is 0 Å². The van der Waals surface area contributed by atoms with E-state index in [9.17, 15) is 9.59 Å². The van der Waals surface area contributed by atoms with Crippen molar-refractivity contribution in [2.45, 2.75) is 56.0 Å². The molecule has 0 aromatic carbocycles. The number of pyridine rings is 2. The molecule has 206 valence electrons. The minimum Gasteiger partial charge on any atom is -0.489 e. The average Bonchev–Trinajstić information content (AvgIpc) is 3.72. The van der Waals surface area contributed by atoms with E-state index in [4.69, 9.17) is 20.6 Å². The summed E-state index contributed by atoms with van der Waals surface area (Å²) in [5.74, 6) is 1.07. The second-order valence-corrected chi connectivity index (χ2v) is 11.0. The van der Waals surface area contributed by atoms with Gasteiger partial charge in [0.05, 0.1) is 37.2 Å². The highest BCUT2D eigenvalue weighted by Crippen LogP contribution is 2.28. The Morgan fingerprint density at radius 3 is 2.67 bits per heavy atom. The average molecular weight is 555 g/mol. The molecule has 1 aliphatic carbocycles. The van der Waals surface area contributed by atoms with Gasteiger partial charge in [0.2, 0.25) is 11.8 Å². The number of hydrogen-bond donors (Lipinski definition) is 2. The molecule has 10 nitrogen and oxygen atoms in total. The molecule has 1 saturated carbocycles. The van der Waals surface area contributed by atoms with Gasteiger partial charge in [-0.2, -0.15) is 11.8 Å². The maximum Gasteiger partial charge on any atom is 0.254 e. The Labute approximate surface area is 230 Å². The summed E-state index contributed by atoms with van der Waals surface area (Å²) >= 11 is 1.81. The van der Waals surface area contributed by atoms with E-state index in [1.807, 2.05) is 11.8 Å². The van der Waals surface area contributed by atoms with Crippen LogP contribution in [0.25, 0.3) is 0 Å². The number of thioether (sulfide) groups is 1. The number of hydrogen-bond acceptors (Lipinski definition) is 9. The second kappa shape index (κ2) is 12.1. The van der Waals surface area contributed by atoms with Gasteiger partial charge in [-0.1, -0.05) is 0 Å². The van der Waals surface area contributed by atoms with Crippen LogP contribution in [0.15, 0.2) is 35.6 Å². The maximum atomic E-state index is 15.1. The van der Waals surface area contributed by atoms with Gasteiger partial charge < -0.3 is 25.5 Å². The molecule has 0 spiro atoms. The van der Waals surface area contributed by atoms with E-state index >= 15 is 4.39 Å². The predicted molar refractivity (Wildman–Crippen MR) is 146 cm³/mol. The number of likely N-dealkylation sites (tertiary alicyclic amines) is 1. The van der Waals surface area contributed by atoms with Crippen molar-refractivity contribution in [3.05, 3.63) is 47.4 Å². The fourth-order valence-corrected chi connectivity index (χ4v) is 4.91. The van der Waals surface area contributed by atoms with E-state index < -0.39 is 24.1 Å². The van der Waals surface area contributed by atoms with Crippen LogP contribution in [0.2, 0.25) is 0 Å². The van der Waals surface area contributed by atoms with E-state index in [1.54, 1.807) is 24.5 Å². The lowest BCUT2D eigenvalue weighted by Gasteiger charge is -2.34. The highest BCUT2D eigenvalue weighted by atomic mass is 32.2. The smallest absolute Gasteiger partial charge is 0.254 e. The molecule has 3 fully saturated rings. The molecule has 4 heterocycles. The molecule has 5 rings (SSSR count). The van der Waals surface area contributed by atoms with Crippen molar-refractivity contribution < 1.29 is 23.5 Å². The first-order valence-corrected chi connectivity index (χ1v) is 14.2. The van der Waals surface area contributed by atoms with Crippen LogP contribution in [0, 0.1) is 5.41 Å². The molecule has 3 aliphatic rings. The summed E-state index contributed by atoms with van der Waals surface area (Å²) in [6.45, 7) is 0.157. The van der Waals surface area contributed by atoms with Gasteiger partial charge in [-0.05, 0) is 36.6 Å².